The van der Waals surface area contributed by atoms with Crippen molar-refractivity contribution in [3.8, 4) is 0 Å². The first kappa shape index (κ1) is 16.8. The zero-order chi connectivity index (χ0) is 16.8. The summed E-state index contributed by atoms with van der Waals surface area (Å²) in [6.07, 6.45) is 0.203. The summed E-state index contributed by atoms with van der Waals surface area (Å²) in [6.45, 7) is 4.78. The predicted octanol–water partition coefficient (Wildman–Crippen LogP) is 2.45. The van der Waals surface area contributed by atoms with Crippen LogP contribution in [-0.4, -0.2) is 41.0 Å². The highest BCUT2D eigenvalue weighted by molar-refractivity contribution is 6.39. The van der Waals surface area contributed by atoms with E-state index in [4.69, 9.17) is 9.94 Å². The molecule has 1 heterocycles. The fourth-order valence-corrected chi connectivity index (χ4v) is 2.52. The molecule has 2 N–H and O–H groups in total. The number of carbonyl (C=O) groups is 2. The number of nitrogens with one attached hydrogen (secondary N) is 1. The van der Waals surface area contributed by atoms with Crippen molar-refractivity contribution in [1.82, 2.24) is 4.90 Å². The molecule has 0 radical (unpaired) electrons. The lowest BCUT2D eigenvalue weighted by Gasteiger charge is -2.31. The van der Waals surface area contributed by atoms with Gasteiger partial charge in [0, 0.05) is 24.7 Å². The van der Waals surface area contributed by atoms with Crippen LogP contribution < -0.4 is 5.32 Å². The number of piperidine rings is 1. The van der Waals surface area contributed by atoms with E-state index in [1.807, 2.05) is 19.1 Å². The van der Waals surface area contributed by atoms with Crippen molar-refractivity contribution in [1.29, 1.82) is 0 Å². The summed E-state index contributed by atoms with van der Waals surface area (Å²) in [4.78, 5) is 25.5. The highest BCUT2D eigenvalue weighted by atomic mass is 16.5. The number of hydrogen-bond acceptors (Lipinski definition) is 5. The van der Waals surface area contributed by atoms with Gasteiger partial charge in [0.2, 0.25) is 0 Å². The molecule has 1 aromatic carbocycles. The number of rotatable bonds is 4. The second-order valence-electron chi connectivity index (χ2n) is 5.40. The van der Waals surface area contributed by atoms with Gasteiger partial charge in [-0.1, -0.05) is 30.3 Å². The molecule has 23 heavy (non-hydrogen) atoms. The van der Waals surface area contributed by atoms with Crippen LogP contribution in [0.15, 0.2) is 29.4 Å². The molecule has 1 unspecified atom stereocenters. The standard InChI is InChI=1S/C16H21N3O4/c1-3-23-16(21)17-13-7-5-4-6-12(13)10-19-9-8-11(2)14(18-22)15(19)20/h4-7,11,22H,3,8-10H2,1-2H3,(H,17,21)/b18-14+. The average molecular weight is 319 g/mol. The highest BCUT2D eigenvalue weighted by Crippen LogP contribution is 2.22. The molecule has 1 saturated heterocycles. The van der Waals surface area contributed by atoms with E-state index < -0.39 is 6.09 Å². The Morgan fingerprint density at radius 1 is 1.48 bits per heavy atom. The van der Waals surface area contributed by atoms with Gasteiger partial charge in [-0.25, -0.2) is 4.79 Å². The quantitative estimate of drug-likeness (QED) is 0.659. The van der Waals surface area contributed by atoms with Gasteiger partial charge in [-0.15, -0.1) is 0 Å². The molecule has 7 heteroatoms. The number of nitrogens with zero attached hydrogens (tertiary/aromatic N) is 2. The van der Waals surface area contributed by atoms with Crippen LogP contribution in [0.3, 0.4) is 0 Å². The van der Waals surface area contributed by atoms with E-state index in [1.165, 1.54) is 0 Å². The molecular weight excluding hydrogens is 298 g/mol. The van der Waals surface area contributed by atoms with Crippen molar-refractivity contribution < 1.29 is 19.5 Å². The smallest absolute Gasteiger partial charge is 0.411 e. The topological polar surface area (TPSA) is 91.2 Å². The van der Waals surface area contributed by atoms with Gasteiger partial charge in [0.15, 0.2) is 0 Å². The first-order valence-electron chi connectivity index (χ1n) is 7.59. The van der Waals surface area contributed by atoms with Gasteiger partial charge in [-0.3, -0.25) is 10.1 Å². The van der Waals surface area contributed by atoms with Gasteiger partial charge < -0.3 is 14.8 Å². The number of anilines is 1. The van der Waals surface area contributed by atoms with Crippen LogP contribution in [0.4, 0.5) is 10.5 Å². The molecule has 1 aromatic rings. The Balaban J connectivity index is 2.14. The average Bonchev–Trinajstić information content (AvgIpc) is 2.52. The van der Waals surface area contributed by atoms with E-state index in [-0.39, 0.29) is 24.1 Å². The molecule has 7 nitrogen and oxygen atoms in total. The Kier molecular flexibility index (Phi) is 5.56. The summed E-state index contributed by atoms with van der Waals surface area (Å²) in [6, 6.07) is 7.22. The van der Waals surface area contributed by atoms with E-state index in [2.05, 4.69) is 10.5 Å². The zero-order valence-electron chi connectivity index (χ0n) is 13.3. The van der Waals surface area contributed by atoms with Crippen molar-refractivity contribution in [3.63, 3.8) is 0 Å². The van der Waals surface area contributed by atoms with Crippen LogP contribution >= 0.6 is 0 Å². The summed E-state index contributed by atoms with van der Waals surface area (Å²) < 4.78 is 4.88. The first-order chi connectivity index (χ1) is 11.1. The van der Waals surface area contributed by atoms with Crippen LogP contribution in [0.2, 0.25) is 0 Å². The lowest BCUT2D eigenvalue weighted by molar-refractivity contribution is -0.126. The third kappa shape index (κ3) is 4.00. The number of hydrogen-bond donors (Lipinski definition) is 2. The fourth-order valence-electron chi connectivity index (χ4n) is 2.52. The number of benzene rings is 1. The third-order valence-electron chi connectivity index (χ3n) is 3.80. The minimum atomic E-state index is -0.531. The number of ether oxygens (including phenoxy) is 1. The van der Waals surface area contributed by atoms with Crippen LogP contribution in [0, 0.1) is 5.92 Å². The highest BCUT2D eigenvalue weighted by Gasteiger charge is 2.31. The molecule has 1 atom stereocenters. The zero-order valence-corrected chi connectivity index (χ0v) is 13.3. The number of carbonyl (C=O) groups excluding carboxylic acids is 2. The maximum absolute atomic E-state index is 12.3. The van der Waals surface area contributed by atoms with E-state index in [9.17, 15) is 9.59 Å². The normalized spacial score (nSPS) is 19.7. The molecule has 0 aliphatic carbocycles. The molecule has 1 aliphatic heterocycles. The largest absolute Gasteiger partial charge is 0.450 e. The fraction of sp³-hybridized carbons (Fsp3) is 0.438. The summed E-state index contributed by atoms with van der Waals surface area (Å²) in [5.74, 6) is -0.339. The molecule has 0 bridgehead atoms. The summed E-state index contributed by atoms with van der Waals surface area (Å²) in [5.41, 5.74) is 1.56. The van der Waals surface area contributed by atoms with Crippen molar-refractivity contribution in [2.24, 2.45) is 11.1 Å². The van der Waals surface area contributed by atoms with Gasteiger partial charge in [0.1, 0.15) is 5.71 Å². The molecule has 0 aromatic heterocycles. The second kappa shape index (κ2) is 7.62. The Labute approximate surface area is 134 Å². The van der Waals surface area contributed by atoms with Gasteiger partial charge in [-0.05, 0) is 25.0 Å². The number of likely N-dealkylation sites (tertiary alicyclic amines) is 1. The van der Waals surface area contributed by atoms with Gasteiger partial charge in [-0.2, -0.15) is 0 Å². The summed E-state index contributed by atoms with van der Waals surface area (Å²) >= 11 is 0. The lowest BCUT2D eigenvalue weighted by Crippen LogP contribution is -2.45. The van der Waals surface area contributed by atoms with Crippen molar-refractivity contribution >= 4 is 23.4 Å². The molecular formula is C16H21N3O4. The Hall–Kier alpha value is -2.57. The first-order valence-corrected chi connectivity index (χ1v) is 7.59. The number of para-hydroxylation sites is 1. The monoisotopic (exact) mass is 319 g/mol. The SMILES string of the molecule is CCOC(=O)Nc1ccccc1CN1CCC(C)/C(=N\O)C1=O. The summed E-state index contributed by atoms with van der Waals surface area (Å²) in [7, 11) is 0. The minimum absolute atomic E-state index is 0.0587. The van der Waals surface area contributed by atoms with Crippen LogP contribution in [0.5, 0.6) is 0 Å². The molecule has 0 spiro atoms. The van der Waals surface area contributed by atoms with Gasteiger partial charge >= 0.3 is 6.09 Å². The van der Waals surface area contributed by atoms with Crippen LogP contribution in [0.1, 0.15) is 25.8 Å². The van der Waals surface area contributed by atoms with Crippen molar-refractivity contribution in [2.75, 3.05) is 18.5 Å². The number of oxime groups is 1. The van der Waals surface area contributed by atoms with E-state index >= 15 is 0 Å². The van der Waals surface area contributed by atoms with Crippen LogP contribution in [0.25, 0.3) is 0 Å². The minimum Gasteiger partial charge on any atom is -0.450 e. The van der Waals surface area contributed by atoms with Gasteiger partial charge in [0.25, 0.3) is 5.91 Å². The predicted molar refractivity (Wildman–Crippen MR) is 85.5 cm³/mol. The lowest BCUT2D eigenvalue weighted by atomic mass is 9.95. The molecule has 0 saturated carbocycles. The van der Waals surface area contributed by atoms with E-state index in [0.717, 1.165) is 12.0 Å². The molecule has 2 amide bonds. The maximum Gasteiger partial charge on any atom is 0.411 e. The Bertz CT molecular complexity index is 615. The van der Waals surface area contributed by atoms with E-state index in [0.29, 0.717) is 18.8 Å². The van der Waals surface area contributed by atoms with Crippen LogP contribution in [-0.2, 0) is 16.1 Å². The maximum atomic E-state index is 12.3. The van der Waals surface area contributed by atoms with Gasteiger partial charge in [0.05, 0.1) is 6.61 Å². The Morgan fingerprint density at radius 2 is 2.22 bits per heavy atom. The third-order valence-corrected chi connectivity index (χ3v) is 3.80. The van der Waals surface area contributed by atoms with Crippen molar-refractivity contribution in [3.05, 3.63) is 29.8 Å². The summed E-state index contributed by atoms with van der Waals surface area (Å²) in [5, 5.41) is 14.8. The molecule has 1 fully saturated rings. The Morgan fingerprint density at radius 3 is 2.91 bits per heavy atom. The van der Waals surface area contributed by atoms with Crippen molar-refractivity contribution in [2.45, 2.75) is 26.8 Å². The number of amides is 2. The second-order valence-corrected chi connectivity index (χ2v) is 5.40. The molecule has 1 aliphatic rings. The molecule has 2 rings (SSSR count). The molecule has 124 valence electrons. The van der Waals surface area contributed by atoms with E-state index in [1.54, 1.807) is 24.0 Å².